The predicted octanol–water partition coefficient (Wildman–Crippen LogP) is 3.05. The molecule has 0 aliphatic rings. The van der Waals surface area contributed by atoms with Gasteiger partial charge in [0.2, 0.25) is 11.2 Å². The van der Waals surface area contributed by atoms with Gasteiger partial charge in [-0.3, -0.25) is 0 Å². The number of fused-ring (bicyclic) bond motifs is 1. The van der Waals surface area contributed by atoms with E-state index in [4.69, 9.17) is 16.3 Å². The lowest BCUT2D eigenvalue weighted by Crippen LogP contribution is -1.93. The van der Waals surface area contributed by atoms with Gasteiger partial charge in [0.25, 0.3) is 0 Å². The summed E-state index contributed by atoms with van der Waals surface area (Å²) < 4.78 is 6.02. The maximum Gasteiger partial charge on any atom is 0.226 e. The second-order valence-electron chi connectivity index (χ2n) is 2.64. The van der Waals surface area contributed by atoms with Gasteiger partial charge in [-0.1, -0.05) is 6.07 Å². The van der Waals surface area contributed by atoms with E-state index in [9.17, 15) is 0 Å². The van der Waals surface area contributed by atoms with Crippen molar-refractivity contribution in [2.75, 3.05) is 7.11 Å². The van der Waals surface area contributed by atoms with Crippen molar-refractivity contribution < 1.29 is 4.74 Å². The van der Waals surface area contributed by atoms with Gasteiger partial charge in [0.1, 0.15) is 0 Å². The summed E-state index contributed by atoms with van der Waals surface area (Å²) >= 11 is 9.15. The SMILES string of the molecule is COc1nc(Cl)nc2cccc(Br)c12. The Kier molecular flexibility index (Phi) is 2.56. The lowest BCUT2D eigenvalue weighted by atomic mass is 10.2. The van der Waals surface area contributed by atoms with Crippen molar-refractivity contribution in [1.29, 1.82) is 0 Å². The summed E-state index contributed by atoms with van der Waals surface area (Å²) in [6.07, 6.45) is 0. The molecular formula is C9H6BrClN2O. The fraction of sp³-hybridized carbons (Fsp3) is 0.111. The zero-order chi connectivity index (χ0) is 10.1. The van der Waals surface area contributed by atoms with E-state index in [2.05, 4.69) is 25.9 Å². The van der Waals surface area contributed by atoms with Crippen molar-refractivity contribution in [2.45, 2.75) is 0 Å². The molecule has 0 aliphatic heterocycles. The fourth-order valence-electron chi connectivity index (χ4n) is 1.23. The molecule has 3 nitrogen and oxygen atoms in total. The minimum Gasteiger partial charge on any atom is -0.480 e. The highest BCUT2D eigenvalue weighted by Gasteiger charge is 2.09. The van der Waals surface area contributed by atoms with Gasteiger partial charge in [-0.2, -0.15) is 4.98 Å². The molecule has 1 aromatic carbocycles. The first-order chi connectivity index (χ1) is 6.72. The van der Waals surface area contributed by atoms with Crippen molar-refractivity contribution >= 4 is 38.4 Å². The van der Waals surface area contributed by atoms with Crippen LogP contribution >= 0.6 is 27.5 Å². The Balaban J connectivity index is 2.88. The van der Waals surface area contributed by atoms with E-state index >= 15 is 0 Å². The highest BCUT2D eigenvalue weighted by Crippen LogP contribution is 2.30. The van der Waals surface area contributed by atoms with Crippen LogP contribution in [-0.2, 0) is 0 Å². The number of aromatic nitrogens is 2. The number of methoxy groups -OCH3 is 1. The average molecular weight is 274 g/mol. The van der Waals surface area contributed by atoms with Crippen LogP contribution < -0.4 is 4.74 Å². The van der Waals surface area contributed by atoms with Gasteiger partial charge in [-0.05, 0) is 39.7 Å². The first-order valence-corrected chi connectivity index (χ1v) is 5.05. The molecule has 2 aromatic rings. The molecule has 5 heteroatoms. The Labute approximate surface area is 94.2 Å². The van der Waals surface area contributed by atoms with Crippen LogP contribution in [0, 0.1) is 0 Å². The summed E-state index contributed by atoms with van der Waals surface area (Å²) in [5, 5.41) is 1.02. The molecule has 0 saturated carbocycles. The molecular weight excluding hydrogens is 267 g/mol. The minimum absolute atomic E-state index is 0.187. The minimum atomic E-state index is 0.187. The van der Waals surface area contributed by atoms with E-state index in [1.54, 1.807) is 7.11 Å². The molecule has 0 radical (unpaired) electrons. The third kappa shape index (κ3) is 1.55. The molecule has 0 bridgehead atoms. The molecule has 0 unspecified atom stereocenters. The highest BCUT2D eigenvalue weighted by atomic mass is 79.9. The fourth-order valence-corrected chi connectivity index (χ4v) is 1.92. The van der Waals surface area contributed by atoms with E-state index in [-0.39, 0.29) is 5.28 Å². The number of hydrogen-bond acceptors (Lipinski definition) is 3. The molecule has 1 heterocycles. The third-order valence-electron chi connectivity index (χ3n) is 1.81. The lowest BCUT2D eigenvalue weighted by molar-refractivity contribution is 0.402. The van der Waals surface area contributed by atoms with Gasteiger partial charge in [0.15, 0.2) is 0 Å². The average Bonchev–Trinajstić information content (AvgIpc) is 2.16. The molecule has 0 atom stereocenters. The summed E-state index contributed by atoms with van der Waals surface area (Å²) in [5.41, 5.74) is 0.760. The van der Waals surface area contributed by atoms with E-state index < -0.39 is 0 Å². The second kappa shape index (κ2) is 3.71. The van der Waals surface area contributed by atoms with Crippen molar-refractivity contribution in [2.24, 2.45) is 0 Å². The topological polar surface area (TPSA) is 35.0 Å². The molecule has 72 valence electrons. The first-order valence-electron chi connectivity index (χ1n) is 3.88. The summed E-state index contributed by atoms with van der Waals surface area (Å²) in [5.74, 6) is 0.479. The van der Waals surface area contributed by atoms with Gasteiger partial charge in [0.05, 0.1) is 18.0 Å². The maximum atomic E-state index is 5.74. The smallest absolute Gasteiger partial charge is 0.226 e. The molecule has 1 aromatic heterocycles. The zero-order valence-electron chi connectivity index (χ0n) is 7.29. The van der Waals surface area contributed by atoms with Crippen LogP contribution in [0.2, 0.25) is 5.28 Å². The van der Waals surface area contributed by atoms with Crippen LogP contribution in [0.3, 0.4) is 0 Å². The summed E-state index contributed by atoms with van der Waals surface area (Å²) in [6, 6.07) is 5.65. The van der Waals surface area contributed by atoms with Crippen LogP contribution in [0.1, 0.15) is 0 Å². The first kappa shape index (κ1) is 9.68. The largest absolute Gasteiger partial charge is 0.480 e. The second-order valence-corrected chi connectivity index (χ2v) is 3.83. The highest BCUT2D eigenvalue weighted by molar-refractivity contribution is 9.10. The molecule has 14 heavy (non-hydrogen) atoms. The van der Waals surface area contributed by atoms with Crippen molar-refractivity contribution in [3.63, 3.8) is 0 Å². The van der Waals surface area contributed by atoms with E-state index in [0.717, 1.165) is 15.4 Å². The summed E-state index contributed by atoms with van der Waals surface area (Å²) in [6.45, 7) is 0. The molecule has 0 aliphatic carbocycles. The van der Waals surface area contributed by atoms with Gasteiger partial charge in [0, 0.05) is 4.47 Å². The Bertz CT molecular complexity index is 489. The van der Waals surface area contributed by atoms with E-state index in [1.165, 1.54) is 0 Å². The van der Waals surface area contributed by atoms with Crippen LogP contribution in [0.4, 0.5) is 0 Å². The van der Waals surface area contributed by atoms with Crippen molar-refractivity contribution in [3.05, 3.63) is 28.0 Å². The quantitative estimate of drug-likeness (QED) is 0.749. The third-order valence-corrected chi connectivity index (χ3v) is 2.64. The molecule has 0 spiro atoms. The summed E-state index contributed by atoms with van der Waals surface area (Å²) in [7, 11) is 1.55. The van der Waals surface area contributed by atoms with Gasteiger partial charge >= 0.3 is 0 Å². The Morgan fingerprint density at radius 3 is 2.86 bits per heavy atom. The Morgan fingerprint density at radius 1 is 1.36 bits per heavy atom. The zero-order valence-corrected chi connectivity index (χ0v) is 9.63. The molecule has 0 saturated heterocycles. The normalized spacial score (nSPS) is 10.5. The van der Waals surface area contributed by atoms with Crippen molar-refractivity contribution in [3.8, 4) is 5.88 Å². The monoisotopic (exact) mass is 272 g/mol. The molecule has 0 amide bonds. The predicted molar refractivity (Wildman–Crippen MR) is 58.8 cm³/mol. The van der Waals surface area contributed by atoms with Crippen molar-refractivity contribution in [1.82, 2.24) is 9.97 Å². The summed E-state index contributed by atoms with van der Waals surface area (Å²) in [4.78, 5) is 8.07. The number of ether oxygens (including phenoxy) is 1. The van der Waals surface area contributed by atoms with Crippen LogP contribution in [0.5, 0.6) is 5.88 Å². The van der Waals surface area contributed by atoms with Gasteiger partial charge in [-0.25, -0.2) is 4.98 Å². The number of rotatable bonds is 1. The number of hydrogen-bond donors (Lipinski definition) is 0. The Morgan fingerprint density at radius 2 is 2.14 bits per heavy atom. The van der Waals surface area contributed by atoms with Crippen LogP contribution in [-0.4, -0.2) is 17.1 Å². The lowest BCUT2D eigenvalue weighted by Gasteiger charge is -2.05. The van der Waals surface area contributed by atoms with E-state index in [1.807, 2.05) is 18.2 Å². The number of nitrogens with zero attached hydrogens (tertiary/aromatic N) is 2. The Hall–Kier alpha value is -0.870. The van der Waals surface area contributed by atoms with Crippen LogP contribution in [0.25, 0.3) is 10.9 Å². The van der Waals surface area contributed by atoms with Gasteiger partial charge in [-0.15, -0.1) is 0 Å². The molecule has 0 fully saturated rings. The number of benzene rings is 1. The molecule has 0 N–H and O–H groups in total. The molecule has 2 rings (SSSR count). The number of halogens is 2. The van der Waals surface area contributed by atoms with Crippen LogP contribution in [0.15, 0.2) is 22.7 Å². The standard InChI is InChI=1S/C9H6BrClN2O/c1-14-8-7-5(10)3-2-4-6(7)12-9(11)13-8/h2-4H,1H3. The maximum absolute atomic E-state index is 5.74. The van der Waals surface area contributed by atoms with Gasteiger partial charge < -0.3 is 4.74 Å². The van der Waals surface area contributed by atoms with E-state index in [0.29, 0.717) is 5.88 Å².